The van der Waals surface area contributed by atoms with Gasteiger partial charge in [-0.2, -0.15) is 0 Å². The second-order valence-electron chi connectivity index (χ2n) is 3.76. The maximum Gasteiger partial charge on any atom is 0.241 e. The molecule has 88 valence electrons. The van der Waals surface area contributed by atoms with E-state index in [1.54, 1.807) is 12.3 Å². The number of nitrogens with zero attached hydrogens (tertiary/aromatic N) is 1. The Labute approximate surface area is 100 Å². The summed E-state index contributed by atoms with van der Waals surface area (Å²) in [5.41, 5.74) is 6.29. The lowest BCUT2D eigenvalue weighted by Crippen LogP contribution is -2.40. The number of aromatic nitrogens is 1. The van der Waals surface area contributed by atoms with E-state index in [0.29, 0.717) is 10.7 Å². The number of hydrogen-bond acceptors (Lipinski definition) is 3. The molecule has 1 amide bonds. The first-order valence-electron chi connectivity index (χ1n) is 5.22. The number of anilines is 1. The quantitative estimate of drug-likeness (QED) is 0.848. The van der Waals surface area contributed by atoms with Gasteiger partial charge in [-0.1, -0.05) is 31.9 Å². The summed E-state index contributed by atoms with van der Waals surface area (Å²) in [7, 11) is 0. The summed E-state index contributed by atoms with van der Waals surface area (Å²) in [6, 6.07) is 1.09. The second kappa shape index (κ2) is 5.82. The van der Waals surface area contributed by atoms with E-state index in [4.69, 9.17) is 17.3 Å². The molecule has 0 fully saturated rings. The van der Waals surface area contributed by atoms with Crippen molar-refractivity contribution in [1.82, 2.24) is 4.98 Å². The first-order valence-corrected chi connectivity index (χ1v) is 5.60. The third kappa shape index (κ3) is 3.18. The van der Waals surface area contributed by atoms with Crippen LogP contribution in [0.1, 0.15) is 20.3 Å². The van der Waals surface area contributed by atoms with Gasteiger partial charge in [0.25, 0.3) is 0 Å². The lowest BCUT2D eigenvalue weighted by molar-refractivity contribution is -0.118. The summed E-state index contributed by atoms with van der Waals surface area (Å²) < 4.78 is 0. The van der Waals surface area contributed by atoms with Crippen molar-refractivity contribution in [3.05, 3.63) is 23.5 Å². The van der Waals surface area contributed by atoms with Crippen LogP contribution in [-0.2, 0) is 4.79 Å². The molecule has 4 nitrogen and oxygen atoms in total. The van der Waals surface area contributed by atoms with Crippen LogP contribution >= 0.6 is 11.6 Å². The van der Waals surface area contributed by atoms with Gasteiger partial charge < -0.3 is 11.1 Å². The van der Waals surface area contributed by atoms with E-state index in [2.05, 4.69) is 10.3 Å². The van der Waals surface area contributed by atoms with Gasteiger partial charge in [0.1, 0.15) is 0 Å². The predicted molar refractivity (Wildman–Crippen MR) is 65.3 cm³/mol. The minimum absolute atomic E-state index is 0.135. The molecule has 0 aliphatic rings. The molecule has 0 aliphatic heterocycles. The number of hydrogen-bond donors (Lipinski definition) is 2. The molecule has 3 N–H and O–H groups in total. The number of amides is 1. The van der Waals surface area contributed by atoms with E-state index < -0.39 is 6.04 Å². The number of nitrogens with one attached hydrogen (secondary N) is 1. The zero-order valence-electron chi connectivity index (χ0n) is 9.40. The Hall–Kier alpha value is -1.13. The van der Waals surface area contributed by atoms with Crippen LogP contribution in [0.15, 0.2) is 18.5 Å². The summed E-state index contributed by atoms with van der Waals surface area (Å²) in [6.07, 6.45) is 3.92. The average Bonchev–Trinajstić information content (AvgIpc) is 2.30. The third-order valence-electron chi connectivity index (χ3n) is 2.59. The molecule has 1 aromatic heterocycles. The van der Waals surface area contributed by atoms with Crippen molar-refractivity contribution in [2.24, 2.45) is 11.7 Å². The Morgan fingerprint density at radius 1 is 1.69 bits per heavy atom. The highest BCUT2D eigenvalue weighted by molar-refractivity contribution is 6.33. The fraction of sp³-hybridized carbons (Fsp3) is 0.455. The molecule has 16 heavy (non-hydrogen) atoms. The standard InChI is InChI=1S/C11H16ClN3O/c1-3-7(2)10(13)11(16)15-9-6-14-5-4-8(9)12/h4-7,10H,3,13H2,1-2H3,(H,15,16)/t7-,10-/m0/s1. The molecule has 0 unspecified atom stereocenters. The third-order valence-corrected chi connectivity index (χ3v) is 2.92. The Bertz CT molecular complexity index is 370. The van der Waals surface area contributed by atoms with E-state index in [0.717, 1.165) is 6.42 Å². The largest absolute Gasteiger partial charge is 0.322 e. The van der Waals surface area contributed by atoms with Crippen molar-refractivity contribution in [3.8, 4) is 0 Å². The fourth-order valence-electron chi connectivity index (χ4n) is 1.20. The van der Waals surface area contributed by atoms with Crippen molar-refractivity contribution in [2.75, 3.05) is 5.32 Å². The number of pyridine rings is 1. The molecule has 0 saturated heterocycles. The topological polar surface area (TPSA) is 68.0 Å². The van der Waals surface area contributed by atoms with Gasteiger partial charge in [-0.25, -0.2) is 0 Å². The molecule has 5 heteroatoms. The summed E-state index contributed by atoms with van der Waals surface area (Å²) >= 11 is 5.89. The number of rotatable bonds is 4. The predicted octanol–water partition coefficient (Wildman–Crippen LogP) is 2.05. The summed E-state index contributed by atoms with van der Waals surface area (Å²) in [4.78, 5) is 15.6. The van der Waals surface area contributed by atoms with Gasteiger partial charge in [-0.3, -0.25) is 9.78 Å². The second-order valence-corrected chi connectivity index (χ2v) is 4.16. The highest BCUT2D eigenvalue weighted by Crippen LogP contribution is 2.19. The van der Waals surface area contributed by atoms with Crippen molar-refractivity contribution in [1.29, 1.82) is 0 Å². The zero-order valence-corrected chi connectivity index (χ0v) is 10.2. The molecular weight excluding hydrogens is 226 g/mol. The molecule has 0 aliphatic carbocycles. The van der Waals surface area contributed by atoms with Crippen LogP contribution in [0.25, 0.3) is 0 Å². The smallest absolute Gasteiger partial charge is 0.241 e. The molecule has 1 aromatic rings. The molecule has 0 spiro atoms. The van der Waals surface area contributed by atoms with Crippen LogP contribution in [0.5, 0.6) is 0 Å². The van der Waals surface area contributed by atoms with Gasteiger partial charge in [-0.15, -0.1) is 0 Å². The minimum atomic E-state index is -0.527. The van der Waals surface area contributed by atoms with E-state index in [1.807, 2.05) is 13.8 Å². The van der Waals surface area contributed by atoms with Crippen molar-refractivity contribution < 1.29 is 4.79 Å². The van der Waals surface area contributed by atoms with Gasteiger partial charge in [0.2, 0.25) is 5.91 Å². The van der Waals surface area contributed by atoms with Gasteiger partial charge in [-0.05, 0) is 12.0 Å². The Morgan fingerprint density at radius 2 is 2.38 bits per heavy atom. The lowest BCUT2D eigenvalue weighted by atomic mass is 9.99. The number of carbonyl (C=O) groups is 1. The summed E-state index contributed by atoms with van der Waals surface area (Å²) in [5.74, 6) is -0.0975. The van der Waals surface area contributed by atoms with E-state index >= 15 is 0 Å². The highest BCUT2D eigenvalue weighted by atomic mass is 35.5. The van der Waals surface area contributed by atoms with Crippen LogP contribution in [0.4, 0.5) is 5.69 Å². The molecule has 1 rings (SSSR count). The van der Waals surface area contributed by atoms with Gasteiger partial charge in [0.15, 0.2) is 0 Å². The Kier molecular flexibility index (Phi) is 4.71. The van der Waals surface area contributed by atoms with Crippen LogP contribution in [0, 0.1) is 5.92 Å². The first-order chi connectivity index (χ1) is 7.56. The van der Waals surface area contributed by atoms with Crippen LogP contribution in [0.2, 0.25) is 5.02 Å². The fourth-order valence-corrected chi connectivity index (χ4v) is 1.35. The molecule has 2 atom stereocenters. The van der Waals surface area contributed by atoms with Crippen molar-refractivity contribution >= 4 is 23.2 Å². The molecule has 0 bridgehead atoms. The number of nitrogens with two attached hydrogens (primary N) is 1. The SMILES string of the molecule is CC[C@H](C)[C@H](N)C(=O)Nc1cnccc1Cl. The summed E-state index contributed by atoms with van der Waals surface area (Å²) in [6.45, 7) is 3.93. The summed E-state index contributed by atoms with van der Waals surface area (Å²) in [5, 5.41) is 3.12. The van der Waals surface area contributed by atoms with E-state index in [-0.39, 0.29) is 11.8 Å². The van der Waals surface area contributed by atoms with E-state index in [9.17, 15) is 4.79 Å². The Balaban J connectivity index is 2.68. The van der Waals surface area contributed by atoms with Gasteiger partial charge >= 0.3 is 0 Å². The minimum Gasteiger partial charge on any atom is -0.322 e. The monoisotopic (exact) mass is 241 g/mol. The number of halogens is 1. The van der Waals surface area contributed by atoms with Crippen molar-refractivity contribution in [3.63, 3.8) is 0 Å². The van der Waals surface area contributed by atoms with Crippen LogP contribution in [0.3, 0.4) is 0 Å². The molecule has 1 heterocycles. The van der Waals surface area contributed by atoms with Crippen LogP contribution < -0.4 is 11.1 Å². The lowest BCUT2D eigenvalue weighted by Gasteiger charge is -2.17. The average molecular weight is 242 g/mol. The van der Waals surface area contributed by atoms with Crippen LogP contribution in [-0.4, -0.2) is 16.9 Å². The van der Waals surface area contributed by atoms with Gasteiger partial charge in [0.05, 0.1) is 22.9 Å². The first kappa shape index (κ1) is 12.9. The maximum atomic E-state index is 11.7. The molecule has 0 aromatic carbocycles. The van der Waals surface area contributed by atoms with Crippen molar-refractivity contribution in [2.45, 2.75) is 26.3 Å². The normalized spacial score (nSPS) is 14.2. The molecule has 0 saturated carbocycles. The van der Waals surface area contributed by atoms with Gasteiger partial charge in [0, 0.05) is 6.20 Å². The molecule has 0 radical (unpaired) electrons. The Morgan fingerprint density at radius 3 is 2.94 bits per heavy atom. The maximum absolute atomic E-state index is 11.7. The number of carbonyl (C=O) groups excluding carboxylic acids is 1. The molecular formula is C11H16ClN3O. The van der Waals surface area contributed by atoms with E-state index in [1.165, 1.54) is 6.20 Å². The zero-order chi connectivity index (χ0) is 12.1. The highest BCUT2D eigenvalue weighted by Gasteiger charge is 2.19.